The molecule has 0 bridgehead atoms. The van der Waals surface area contributed by atoms with Gasteiger partial charge in [0.2, 0.25) is 5.91 Å². The molecule has 1 aromatic rings. The number of esters is 1. The van der Waals surface area contributed by atoms with Crippen LogP contribution in [0.2, 0.25) is 0 Å². The van der Waals surface area contributed by atoms with Gasteiger partial charge < -0.3 is 15.2 Å². The average molecular weight is 291 g/mol. The third-order valence-electron chi connectivity index (χ3n) is 3.13. The van der Waals surface area contributed by atoms with E-state index >= 15 is 0 Å². The van der Waals surface area contributed by atoms with Gasteiger partial charge in [-0.3, -0.25) is 4.79 Å². The normalized spacial score (nSPS) is 11.1. The first-order valence-corrected chi connectivity index (χ1v) is 6.71. The predicted octanol–water partition coefficient (Wildman–Crippen LogP) is 2.29. The van der Waals surface area contributed by atoms with Crippen LogP contribution in [-0.4, -0.2) is 25.6 Å². The topological polar surface area (TPSA) is 78.6 Å². The van der Waals surface area contributed by atoms with Crippen LogP contribution in [-0.2, 0) is 9.53 Å². The smallest absolute Gasteiger partial charge is 0.333 e. The standard InChI is InChI=1S/C16H21NO4/c1-5-12(16(19)20-4)6-7-21-14-10(2)8-13(15(17)18)9-11(14)3/h6,8-9H,5,7H2,1-4H3,(H2,17,18). The monoisotopic (exact) mass is 291 g/mol. The van der Waals surface area contributed by atoms with Gasteiger partial charge in [-0.25, -0.2) is 4.79 Å². The first-order valence-electron chi connectivity index (χ1n) is 6.71. The predicted molar refractivity (Wildman–Crippen MR) is 80.3 cm³/mol. The summed E-state index contributed by atoms with van der Waals surface area (Å²) in [6.07, 6.45) is 2.28. The van der Waals surface area contributed by atoms with Gasteiger partial charge in [0, 0.05) is 11.1 Å². The summed E-state index contributed by atoms with van der Waals surface area (Å²) in [7, 11) is 1.35. The van der Waals surface area contributed by atoms with Crippen molar-refractivity contribution in [2.75, 3.05) is 13.7 Å². The molecule has 114 valence electrons. The van der Waals surface area contributed by atoms with Gasteiger partial charge in [0.1, 0.15) is 12.4 Å². The summed E-state index contributed by atoms with van der Waals surface area (Å²) in [6, 6.07) is 3.38. The second kappa shape index (κ2) is 7.47. The molecule has 0 spiro atoms. The Kier molecular flexibility index (Phi) is 5.96. The van der Waals surface area contributed by atoms with Crippen LogP contribution in [0.4, 0.5) is 0 Å². The molecule has 0 radical (unpaired) electrons. The molecule has 0 unspecified atom stereocenters. The SMILES string of the molecule is CCC(=CCOc1c(C)cc(C(N)=O)cc1C)C(=O)OC. The van der Waals surface area contributed by atoms with Gasteiger partial charge in [-0.15, -0.1) is 0 Å². The summed E-state index contributed by atoms with van der Waals surface area (Å²) >= 11 is 0. The van der Waals surface area contributed by atoms with Crippen molar-refractivity contribution in [3.63, 3.8) is 0 Å². The molecule has 5 nitrogen and oxygen atoms in total. The molecule has 0 aliphatic heterocycles. The van der Waals surface area contributed by atoms with Gasteiger partial charge in [0.25, 0.3) is 0 Å². The van der Waals surface area contributed by atoms with Crippen molar-refractivity contribution in [1.29, 1.82) is 0 Å². The zero-order valence-corrected chi connectivity index (χ0v) is 12.9. The van der Waals surface area contributed by atoms with Crippen LogP contribution in [0.25, 0.3) is 0 Å². The number of hydrogen-bond acceptors (Lipinski definition) is 4. The lowest BCUT2D eigenvalue weighted by atomic mass is 10.1. The van der Waals surface area contributed by atoms with Gasteiger partial charge >= 0.3 is 5.97 Å². The number of ether oxygens (including phenoxy) is 2. The fourth-order valence-corrected chi connectivity index (χ4v) is 2.05. The lowest BCUT2D eigenvalue weighted by molar-refractivity contribution is -0.136. The molecule has 0 saturated heterocycles. The Morgan fingerprint density at radius 3 is 2.24 bits per heavy atom. The first-order chi connectivity index (χ1) is 9.90. The summed E-state index contributed by atoms with van der Waals surface area (Å²) in [5.74, 6) is -0.123. The maximum Gasteiger partial charge on any atom is 0.333 e. The van der Waals surface area contributed by atoms with Crippen LogP contribution in [0.1, 0.15) is 34.8 Å². The fourth-order valence-electron chi connectivity index (χ4n) is 2.05. The molecule has 0 atom stereocenters. The molecule has 0 heterocycles. The Morgan fingerprint density at radius 2 is 1.81 bits per heavy atom. The lowest BCUT2D eigenvalue weighted by Gasteiger charge is -2.12. The molecule has 1 rings (SSSR count). The molecular formula is C16H21NO4. The maximum atomic E-state index is 11.4. The first kappa shape index (κ1) is 16.8. The fraction of sp³-hybridized carbons (Fsp3) is 0.375. The highest BCUT2D eigenvalue weighted by molar-refractivity contribution is 5.93. The highest BCUT2D eigenvalue weighted by atomic mass is 16.5. The molecule has 0 aromatic heterocycles. The second-order valence-corrected chi connectivity index (χ2v) is 4.69. The molecular weight excluding hydrogens is 270 g/mol. The van der Waals surface area contributed by atoms with E-state index in [1.165, 1.54) is 7.11 Å². The van der Waals surface area contributed by atoms with Crippen LogP contribution < -0.4 is 10.5 Å². The molecule has 0 aliphatic carbocycles. The van der Waals surface area contributed by atoms with Crippen LogP contribution in [0.3, 0.4) is 0 Å². The Bertz CT molecular complexity index is 553. The molecule has 0 aliphatic rings. The number of amides is 1. The van der Waals surface area contributed by atoms with E-state index in [-0.39, 0.29) is 12.6 Å². The van der Waals surface area contributed by atoms with Crippen molar-refractivity contribution in [3.05, 3.63) is 40.5 Å². The Labute approximate surface area is 124 Å². The number of rotatable bonds is 6. The quantitative estimate of drug-likeness (QED) is 0.644. The number of benzene rings is 1. The van der Waals surface area contributed by atoms with Gasteiger partial charge in [0.05, 0.1) is 7.11 Å². The molecule has 5 heteroatoms. The molecule has 0 fully saturated rings. The van der Waals surface area contributed by atoms with Crippen molar-refractivity contribution in [1.82, 2.24) is 0 Å². The van der Waals surface area contributed by atoms with Crippen LogP contribution >= 0.6 is 0 Å². The number of nitrogens with two attached hydrogens (primary N) is 1. The number of carbonyl (C=O) groups excluding carboxylic acids is 2. The van der Waals surface area contributed by atoms with Crippen molar-refractivity contribution < 1.29 is 19.1 Å². The van der Waals surface area contributed by atoms with E-state index in [4.69, 9.17) is 10.5 Å². The number of aryl methyl sites for hydroxylation is 2. The minimum atomic E-state index is -0.466. The van der Waals surface area contributed by atoms with Crippen LogP contribution in [0.5, 0.6) is 5.75 Å². The van der Waals surface area contributed by atoms with Gasteiger partial charge in [-0.1, -0.05) is 6.92 Å². The maximum absolute atomic E-state index is 11.4. The van der Waals surface area contributed by atoms with Gasteiger partial charge in [0.15, 0.2) is 0 Å². The highest BCUT2D eigenvalue weighted by Gasteiger charge is 2.10. The van der Waals surface area contributed by atoms with Crippen molar-refractivity contribution in [3.8, 4) is 5.75 Å². The minimum absolute atomic E-state index is 0.260. The highest BCUT2D eigenvalue weighted by Crippen LogP contribution is 2.24. The molecule has 2 N–H and O–H groups in total. The number of methoxy groups -OCH3 is 1. The molecule has 1 aromatic carbocycles. The van der Waals surface area contributed by atoms with E-state index in [0.29, 0.717) is 23.3 Å². The van der Waals surface area contributed by atoms with Crippen molar-refractivity contribution in [2.24, 2.45) is 5.73 Å². The van der Waals surface area contributed by atoms with Gasteiger partial charge in [-0.2, -0.15) is 0 Å². The Balaban J connectivity index is 2.87. The zero-order chi connectivity index (χ0) is 16.0. The summed E-state index contributed by atoms with van der Waals surface area (Å²) in [6.45, 7) is 5.83. The second-order valence-electron chi connectivity index (χ2n) is 4.69. The number of primary amides is 1. The van der Waals surface area contributed by atoms with Crippen LogP contribution in [0, 0.1) is 13.8 Å². The summed E-state index contributed by atoms with van der Waals surface area (Å²) < 4.78 is 10.4. The minimum Gasteiger partial charge on any atom is -0.489 e. The number of hydrogen-bond donors (Lipinski definition) is 1. The van der Waals surface area contributed by atoms with E-state index in [0.717, 1.165) is 11.1 Å². The van der Waals surface area contributed by atoms with E-state index < -0.39 is 5.91 Å². The van der Waals surface area contributed by atoms with E-state index in [9.17, 15) is 9.59 Å². The summed E-state index contributed by atoms with van der Waals surface area (Å²) in [4.78, 5) is 22.6. The summed E-state index contributed by atoms with van der Waals surface area (Å²) in [5.41, 5.74) is 7.95. The van der Waals surface area contributed by atoms with Crippen molar-refractivity contribution in [2.45, 2.75) is 27.2 Å². The molecule has 21 heavy (non-hydrogen) atoms. The van der Waals surface area contributed by atoms with Gasteiger partial charge in [-0.05, 0) is 49.6 Å². The largest absolute Gasteiger partial charge is 0.489 e. The number of carbonyl (C=O) groups is 2. The Hall–Kier alpha value is -2.30. The Morgan fingerprint density at radius 1 is 1.24 bits per heavy atom. The molecule has 1 amide bonds. The third kappa shape index (κ3) is 4.34. The average Bonchev–Trinajstić information content (AvgIpc) is 2.44. The lowest BCUT2D eigenvalue weighted by Crippen LogP contribution is -2.12. The third-order valence-corrected chi connectivity index (χ3v) is 3.13. The zero-order valence-electron chi connectivity index (χ0n) is 12.9. The van der Waals surface area contributed by atoms with E-state index in [1.54, 1.807) is 18.2 Å². The molecule has 0 saturated carbocycles. The van der Waals surface area contributed by atoms with Crippen molar-refractivity contribution >= 4 is 11.9 Å². The summed E-state index contributed by atoms with van der Waals surface area (Å²) in [5, 5.41) is 0. The van der Waals surface area contributed by atoms with Crippen LogP contribution in [0.15, 0.2) is 23.8 Å². The van der Waals surface area contributed by atoms with E-state index in [1.807, 2.05) is 20.8 Å². The van der Waals surface area contributed by atoms with E-state index in [2.05, 4.69) is 4.74 Å².